The van der Waals surface area contributed by atoms with Gasteiger partial charge >= 0.3 is 6.03 Å². The van der Waals surface area contributed by atoms with Gasteiger partial charge in [0.25, 0.3) is 0 Å². The van der Waals surface area contributed by atoms with Crippen molar-refractivity contribution < 1.29 is 18.0 Å². The molecule has 0 spiro atoms. The molecule has 8 nitrogen and oxygen atoms in total. The van der Waals surface area contributed by atoms with E-state index < -0.39 is 22.0 Å². The van der Waals surface area contributed by atoms with Crippen molar-refractivity contribution in [2.45, 2.75) is 4.90 Å². The number of para-hydroxylation sites is 1. The third-order valence-electron chi connectivity index (χ3n) is 2.91. The number of amides is 3. The molecule has 0 fully saturated rings. The lowest BCUT2D eigenvalue weighted by Crippen LogP contribution is -2.35. The quantitative estimate of drug-likeness (QED) is 0.644. The van der Waals surface area contributed by atoms with Gasteiger partial charge in [-0.3, -0.25) is 4.79 Å². The zero-order valence-corrected chi connectivity index (χ0v) is 13.3. The fourth-order valence-corrected chi connectivity index (χ4v) is 2.31. The number of nitrogens with two attached hydrogens (primary N) is 1. The molecule has 2 rings (SSSR count). The second-order valence-electron chi connectivity index (χ2n) is 4.79. The highest BCUT2D eigenvalue weighted by atomic mass is 32.2. The highest BCUT2D eigenvalue weighted by Gasteiger charge is 2.09. The number of nitrogens with one attached hydrogen (secondary N) is 3. The van der Waals surface area contributed by atoms with Crippen LogP contribution in [0.1, 0.15) is 0 Å². The van der Waals surface area contributed by atoms with Gasteiger partial charge in [-0.2, -0.15) is 0 Å². The number of urea groups is 1. The zero-order valence-electron chi connectivity index (χ0n) is 12.5. The van der Waals surface area contributed by atoms with Crippen molar-refractivity contribution in [3.05, 3.63) is 54.6 Å². The molecule has 126 valence electrons. The fraction of sp³-hybridized carbons (Fsp3) is 0.0667. The Labute approximate surface area is 139 Å². The maximum absolute atomic E-state index is 11.8. The minimum absolute atomic E-state index is 0.0548. The van der Waals surface area contributed by atoms with Gasteiger partial charge in [-0.15, -0.1) is 0 Å². The van der Waals surface area contributed by atoms with Gasteiger partial charge in [-0.25, -0.2) is 18.4 Å². The molecule has 0 atom stereocenters. The maximum Gasteiger partial charge on any atom is 0.319 e. The number of sulfonamides is 1. The van der Waals surface area contributed by atoms with Crippen LogP contribution < -0.4 is 21.1 Å². The highest BCUT2D eigenvalue weighted by molar-refractivity contribution is 7.89. The van der Waals surface area contributed by atoms with Gasteiger partial charge in [-0.05, 0) is 36.4 Å². The standard InChI is InChI=1S/C15H16N4O4S/c16-24(22,23)13-8-6-12(7-9-13)18-14(20)10-17-15(21)19-11-4-2-1-3-5-11/h1-9H,10H2,(H,18,20)(H2,16,22,23)(H2,17,19,21). The summed E-state index contributed by atoms with van der Waals surface area (Å²) in [5.74, 6) is -0.457. The average molecular weight is 348 g/mol. The van der Waals surface area contributed by atoms with Gasteiger partial charge in [0.1, 0.15) is 0 Å². The summed E-state index contributed by atoms with van der Waals surface area (Å²) in [4.78, 5) is 23.3. The van der Waals surface area contributed by atoms with Crippen molar-refractivity contribution in [3.8, 4) is 0 Å². The first kappa shape index (κ1) is 17.4. The van der Waals surface area contributed by atoms with E-state index >= 15 is 0 Å². The predicted molar refractivity (Wildman–Crippen MR) is 89.9 cm³/mol. The smallest absolute Gasteiger partial charge is 0.319 e. The van der Waals surface area contributed by atoms with Gasteiger partial charge < -0.3 is 16.0 Å². The Morgan fingerprint density at radius 1 is 0.875 bits per heavy atom. The van der Waals surface area contributed by atoms with Crippen LogP contribution >= 0.6 is 0 Å². The number of rotatable bonds is 5. The number of hydrogen-bond donors (Lipinski definition) is 4. The lowest BCUT2D eigenvalue weighted by molar-refractivity contribution is -0.115. The number of benzene rings is 2. The minimum atomic E-state index is -3.78. The number of carbonyl (C=O) groups excluding carboxylic acids is 2. The van der Waals surface area contributed by atoms with E-state index in [1.807, 2.05) is 6.07 Å². The molecule has 0 aliphatic carbocycles. The lowest BCUT2D eigenvalue weighted by atomic mass is 10.3. The highest BCUT2D eigenvalue weighted by Crippen LogP contribution is 2.12. The molecule has 0 heterocycles. The van der Waals surface area contributed by atoms with E-state index in [9.17, 15) is 18.0 Å². The van der Waals surface area contributed by atoms with Gasteiger partial charge in [0, 0.05) is 11.4 Å². The summed E-state index contributed by atoms with van der Waals surface area (Å²) >= 11 is 0. The lowest BCUT2D eigenvalue weighted by Gasteiger charge is -2.08. The molecule has 0 radical (unpaired) electrons. The third-order valence-corrected chi connectivity index (χ3v) is 3.84. The molecule has 0 bridgehead atoms. The molecular weight excluding hydrogens is 332 g/mol. The van der Waals surface area contributed by atoms with Crippen LogP contribution in [0.4, 0.5) is 16.2 Å². The van der Waals surface area contributed by atoms with Gasteiger partial charge in [0.2, 0.25) is 15.9 Å². The van der Waals surface area contributed by atoms with Crippen molar-refractivity contribution in [1.29, 1.82) is 0 Å². The molecule has 5 N–H and O–H groups in total. The van der Waals surface area contributed by atoms with Crippen LogP contribution in [-0.4, -0.2) is 26.9 Å². The van der Waals surface area contributed by atoms with E-state index in [4.69, 9.17) is 5.14 Å². The average Bonchev–Trinajstić information content (AvgIpc) is 2.53. The number of hydrogen-bond acceptors (Lipinski definition) is 4. The number of primary sulfonamides is 1. The molecule has 3 amide bonds. The van der Waals surface area contributed by atoms with E-state index in [2.05, 4.69) is 16.0 Å². The van der Waals surface area contributed by atoms with Crippen LogP contribution in [-0.2, 0) is 14.8 Å². The second-order valence-corrected chi connectivity index (χ2v) is 6.35. The van der Waals surface area contributed by atoms with E-state index in [1.54, 1.807) is 24.3 Å². The van der Waals surface area contributed by atoms with E-state index in [-0.39, 0.29) is 11.4 Å². The first-order chi connectivity index (χ1) is 11.3. The zero-order chi connectivity index (χ0) is 17.6. The van der Waals surface area contributed by atoms with Crippen LogP contribution in [0.5, 0.6) is 0 Å². The maximum atomic E-state index is 11.8. The summed E-state index contributed by atoms with van der Waals surface area (Å²) in [5.41, 5.74) is 0.992. The molecule has 0 aliphatic heterocycles. The monoisotopic (exact) mass is 348 g/mol. The fourth-order valence-electron chi connectivity index (χ4n) is 1.79. The topological polar surface area (TPSA) is 130 Å². The summed E-state index contributed by atoms with van der Waals surface area (Å²) in [5, 5.41) is 12.5. The van der Waals surface area contributed by atoms with Crippen molar-refractivity contribution in [2.75, 3.05) is 17.2 Å². The van der Waals surface area contributed by atoms with Gasteiger partial charge in [0.05, 0.1) is 11.4 Å². The van der Waals surface area contributed by atoms with Crippen molar-refractivity contribution in [2.24, 2.45) is 5.14 Å². The van der Waals surface area contributed by atoms with Crippen LogP contribution in [0.3, 0.4) is 0 Å². The summed E-state index contributed by atoms with van der Waals surface area (Å²) in [6.45, 7) is -0.240. The largest absolute Gasteiger partial charge is 0.329 e. The summed E-state index contributed by atoms with van der Waals surface area (Å²) in [6.07, 6.45) is 0. The first-order valence-corrected chi connectivity index (χ1v) is 8.42. The molecule has 0 aromatic heterocycles. The molecule has 0 saturated carbocycles. The molecule has 2 aromatic rings. The summed E-state index contributed by atoms with van der Waals surface area (Å²) < 4.78 is 22.3. The first-order valence-electron chi connectivity index (χ1n) is 6.87. The van der Waals surface area contributed by atoms with Crippen LogP contribution in [0.25, 0.3) is 0 Å². The van der Waals surface area contributed by atoms with Crippen LogP contribution in [0.2, 0.25) is 0 Å². The van der Waals surface area contributed by atoms with Crippen LogP contribution in [0.15, 0.2) is 59.5 Å². The Balaban J connectivity index is 1.82. The molecule has 0 aliphatic rings. The third kappa shape index (κ3) is 5.38. The van der Waals surface area contributed by atoms with Crippen molar-refractivity contribution in [1.82, 2.24) is 5.32 Å². The molecule has 2 aromatic carbocycles. The Morgan fingerprint density at radius 3 is 2.04 bits per heavy atom. The Morgan fingerprint density at radius 2 is 1.46 bits per heavy atom. The Bertz CT molecular complexity index is 820. The van der Waals surface area contributed by atoms with Crippen LogP contribution in [0, 0.1) is 0 Å². The Kier molecular flexibility index (Phi) is 5.51. The van der Waals surface area contributed by atoms with E-state index in [0.29, 0.717) is 11.4 Å². The molecule has 24 heavy (non-hydrogen) atoms. The minimum Gasteiger partial charge on any atom is -0.329 e. The number of anilines is 2. The molecular formula is C15H16N4O4S. The number of carbonyl (C=O) groups is 2. The van der Waals surface area contributed by atoms with Crippen molar-refractivity contribution >= 4 is 33.3 Å². The summed E-state index contributed by atoms with van der Waals surface area (Å²) in [6, 6.07) is 13.6. The van der Waals surface area contributed by atoms with Crippen molar-refractivity contribution in [3.63, 3.8) is 0 Å². The molecule has 0 saturated heterocycles. The van der Waals surface area contributed by atoms with E-state index in [0.717, 1.165) is 0 Å². The molecule has 0 unspecified atom stereocenters. The second kappa shape index (κ2) is 7.57. The van der Waals surface area contributed by atoms with E-state index in [1.165, 1.54) is 24.3 Å². The summed E-state index contributed by atoms with van der Waals surface area (Å²) in [7, 11) is -3.78. The predicted octanol–water partition coefficient (Wildman–Crippen LogP) is 1.09. The van der Waals surface area contributed by atoms with Gasteiger partial charge in [0.15, 0.2) is 0 Å². The Hall–Kier alpha value is -2.91. The molecule has 9 heteroatoms. The van der Waals surface area contributed by atoms with Gasteiger partial charge in [-0.1, -0.05) is 18.2 Å². The SMILES string of the molecule is NS(=O)(=O)c1ccc(NC(=O)CNC(=O)Nc2ccccc2)cc1. The normalized spacial score (nSPS) is 10.7.